The number of nitrogens with one attached hydrogen (secondary N) is 1. The van der Waals surface area contributed by atoms with E-state index in [1.807, 2.05) is 0 Å². The Kier molecular flexibility index (Phi) is 10.4. The number of hydrogen-bond acceptors (Lipinski definition) is 5. The number of hydrogen-bond donors (Lipinski definition) is 1. The van der Waals surface area contributed by atoms with Crippen molar-refractivity contribution in [2.75, 3.05) is 41.0 Å². The van der Waals surface area contributed by atoms with Crippen LogP contribution in [-0.4, -0.2) is 57.8 Å². The van der Waals surface area contributed by atoms with Crippen LogP contribution in [0.4, 0.5) is 8.78 Å². The summed E-state index contributed by atoms with van der Waals surface area (Å²) in [6.07, 6.45) is 11.0. The summed E-state index contributed by atoms with van der Waals surface area (Å²) in [5.41, 5.74) is 2.26. The van der Waals surface area contributed by atoms with Crippen LogP contribution in [0.3, 0.4) is 0 Å². The molecule has 1 heterocycles. The van der Waals surface area contributed by atoms with Crippen LogP contribution in [0.15, 0.2) is 29.8 Å². The molecule has 1 aliphatic carbocycles. The first-order chi connectivity index (χ1) is 19.3. The molecular weight excluding hydrogens is 514 g/mol. The Hall–Kier alpha value is -3.13. The fourth-order valence-corrected chi connectivity index (χ4v) is 6.17. The monoisotopic (exact) mass is 556 g/mol. The SMILES string of the molecule is COc1cc(C(=O)NCC(C)=Cc2ccc(F)cc2F)c(C[C@H]2CCCN2CC2CCCCC2)c(OC)c1OC. The normalized spacial score (nSPS) is 18.6. The minimum atomic E-state index is -0.646. The van der Waals surface area contributed by atoms with Crippen LogP contribution in [0.2, 0.25) is 0 Å². The molecule has 1 saturated heterocycles. The maximum atomic E-state index is 14.1. The van der Waals surface area contributed by atoms with Gasteiger partial charge in [0.05, 0.1) is 26.9 Å². The number of amides is 1. The van der Waals surface area contributed by atoms with Crippen molar-refractivity contribution >= 4 is 12.0 Å². The van der Waals surface area contributed by atoms with Crippen LogP contribution in [-0.2, 0) is 6.42 Å². The van der Waals surface area contributed by atoms with Crippen molar-refractivity contribution in [3.8, 4) is 17.2 Å². The number of likely N-dealkylation sites (tertiary alicyclic amines) is 1. The molecule has 218 valence electrons. The molecule has 1 N–H and O–H groups in total. The number of carbonyl (C=O) groups excluding carboxylic acids is 1. The number of methoxy groups -OCH3 is 3. The summed E-state index contributed by atoms with van der Waals surface area (Å²) in [7, 11) is 4.68. The minimum absolute atomic E-state index is 0.197. The van der Waals surface area contributed by atoms with Gasteiger partial charge in [-0.2, -0.15) is 0 Å². The molecule has 40 heavy (non-hydrogen) atoms. The van der Waals surface area contributed by atoms with Gasteiger partial charge in [-0.3, -0.25) is 9.69 Å². The van der Waals surface area contributed by atoms with E-state index in [9.17, 15) is 13.6 Å². The summed E-state index contributed by atoms with van der Waals surface area (Å²) < 4.78 is 44.5. The first-order valence-electron chi connectivity index (χ1n) is 14.3. The summed E-state index contributed by atoms with van der Waals surface area (Å²) in [6.45, 7) is 4.16. The van der Waals surface area contributed by atoms with Gasteiger partial charge in [0.2, 0.25) is 5.75 Å². The van der Waals surface area contributed by atoms with Crippen molar-refractivity contribution in [1.29, 1.82) is 0 Å². The molecule has 8 heteroatoms. The van der Waals surface area contributed by atoms with E-state index in [0.29, 0.717) is 35.3 Å². The van der Waals surface area contributed by atoms with Crippen LogP contribution < -0.4 is 19.5 Å². The lowest BCUT2D eigenvalue weighted by Gasteiger charge is -2.31. The maximum absolute atomic E-state index is 14.1. The van der Waals surface area contributed by atoms with E-state index in [0.717, 1.165) is 49.1 Å². The summed E-state index contributed by atoms with van der Waals surface area (Å²) in [5, 5.41) is 2.96. The van der Waals surface area contributed by atoms with Crippen molar-refractivity contribution in [3.63, 3.8) is 0 Å². The fourth-order valence-electron chi connectivity index (χ4n) is 6.17. The Morgan fingerprint density at radius 3 is 2.42 bits per heavy atom. The predicted molar refractivity (Wildman–Crippen MR) is 153 cm³/mol. The second kappa shape index (κ2) is 14.0. The third-order valence-electron chi connectivity index (χ3n) is 8.23. The highest BCUT2D eigenvalue weighted by atomic mass is 19.1. The van der Waals surface area contributed by atoms with Gasteiger partial charge < -0.3 is 19.5 Å². The average molecular weight is 557 g/mol. The number of nitrogens with zero attached hydrogens (tertiary/aromatic N) is 1. The quantitative estimate of drug-likeness (QED) is 0.347. The molecule has 0 spiro atoms. The Balaban J connectivity index is 1.58. The molecule has 1 saturated carbocycles. The molecule has 1 aliphatic heterocycles. The van der Waals surface area contributed by atoms with E-state index in [1.54, 1.807) is 33.3 Å². The van der Waals surface area contributed by atoms with E-state index < -0.39 is 11.6 Å². The molecule has 0 bridgehead atoms. The molecule has 0 radical (unpaired) electrons. The zero-order valence-electron chi connectivity index (χ0n) is 24.2. The van der Waals surface area contributed by atoms with Gasteiger partial charge in [0.25, 0.3) is 5.91 Å². The van der Waals surface area contributed by atoms with E-state index in [2.05, 4.69) is 10.2 Å². The van der Waals surface area contributed by atoms with Gasteiger partial charge in [0, 0.05) is 36.3 Å². The summed E-state index contributed by atoms with van der Waals surface area (Å²) in [4.78, 5) is 16.2. The molecule has 2 aromatic rings. The number of ether oxygens (including phenoxy) is 3. The molecular formula is C32H42F2N2O4. The lowest BCUT2D eigenvalue weighted by Crippen LogP contribution is -2.36. The molecule has 6 nitrogen and oxygen atoms in total. The summed E-state index contributed by atoms with van der Waals surface area (Å²) in [6, 6.07) is 5.46. The highest BCUT2D eigenvalue weighted by Crippen LogP contribution is 2.43. The third-order valence-corrected chi connectivity index (χ3v) is 8.23. The molecule has 0 unspecified atom stereocenters. The molecule has 4 rings (SSSR count). The topological polar surface area (TPSA) is 60.0 Å². The first kappa shape index (κ1) is 29.8. The fraction of sp³-hybridized carbons (Fsp3) is 0.531. The van der Waals surface area contributed by atoms with Crippen LogP contribution in [0, 0.1) is 17.6 Å². The molecule has 1 amide bonds. The minimum Gasteiger partial charge on any atom is -0.493 e. The van der Waals surface area contributed by atoms with E-state index >= 15 is 0 Å². The zero-order chi connectivity index (χ0) is 28.6. The Labute approximate surface area is 236 Å². The van der Waals surface area contributed by atoms with Crippen LogP contribution in [0.5, 0.6) is 17.2 Å². The first-order valence-corrected chi connectivity index (χ1v) is 14.3. The molecule has 2 aliphatic rings. The van der Waals surface area contributed by atoms with Crippen molar-refractivity contribution in [1.82, 2.24) is 10.2 Å². The Morgan fingerprint density at radius 2 is 1.75 bits per heavy atom. The third kappa shape index (κ3) is 7.14. The Bertz CT molecular complexity index is 1210. The number of benzene rings is 2. The zero-order valence-corrected chi connectivity index (χ0v) is 24.2. The lowest BCUT2D eigenvalue weighted by molar-refractivity contribution is 0.0954. The van der Waals surface area contributed by atoms with Gasteiger partial charge in [0.15, 0.2) is 11.5 Å². The standard InChI is InChI=1S/C32H42F2N2O4/c1-21(15-23-12-13-24(33)16-28(23)34)19-35-32(37)27-18-29(38-2)31(40-4)30(39-3)26(27)17-25-11-8-14-36(25)20-22-9-6-5-7-10-22/h12-13,15-16,18,22,25H,5-11,14,17,19-20H2,1-4H3,(H,35,37)/t25-/m1/s1. The van der Waals surface area contributed by atoms with Crippen LogP contribution in [0.1, 0.15) is 73.4 Å². The van der Waals surface area contributed by atoms with Gasteiger partial charge in [-0.25, -0.2) is 8.78 Å². The molecule has 1 atom stereocenters. The molecule has 2 fully saturated rings. The van der Waals surface area contributed by atoms with Gasteiger partial charge in [0.1, 0.15) is 11.6 Å². The van der Waals surface area contributed by atoms with Crippen LogP contribution in [0.25, 0.3) is 6.08 Å². The second-order valence-electron chi connectivity index (χ2n) is 11.0. The van der Waals surface area contributed by atoms with Gasteiger partial charge in [-0.05, 0) is 69.7 Å². The van der Waals surface area contributed by atoms with Crippen molar-refractivity contribution in [2.45, 2.75) is 64.3 Å². The maximum Gasteiger partial charge on any atom is 0.252 e. The van der Waals surface area contributed by atoms with Crippen molar-refractivity contribution < 1.29 is 27.8 Å². The predicted octanol–water partition coefficient (Wildman–Crippen LogP) is 6.41. The van der Waals surface area contributed by atoms with E-state index in [1.165, 1.54) is 51.3 Å². The molecule has 0 aromatic heterocycles. The van der Waals surface area contributed by atoms with Gasteiger partial charge >= 0.3 is 0 Å². The highest BCUT2D eigenvalue weighted by molar-refractivity contribution is 5.97. The molecule has 2 aromatic carbocycles. The largest absolute Gasteiger partial charge is 0.493 e. The Morgan fingerprint density at radius 1 is 1.00 bits per heavy atom. The number of carbonyl (C=O) groups is 1. The van der Waals surface area contributed by atoms with Crippen LogP contribution >= 0.6 is 0 Å². The van der Waals surface area contributed by atoms with Gasteiger partial charge in [-0.1, -0.05) is 30.9 Å². The smallest absolute Gasteiger partial charge is 0.252 e. The highest BCUT2D eigenvalue weighted by Gasteiger charge is 2.32. The number of halogens is 2. The lowest BCUT2D eigenvalue weighted by atomic mass is 9.88. The van der Waals surface area contributed by atoms with E-state index in [4.69, 9.17) is 14.2 Å². The van der Waals surface area contributed by atoms with Crippen molar-refractivity contribution in [2.24, 2.45) is 5.92 Å². The average Bonchev–Trinajstić information content (AvgIpc) is 3.39. The number of rotatable bonds is 11. The van der Waals surface area contributed by atoms with E-state index in [-0.39, 0.29) is 18.0 Å². The second-order valence-corrected chi connectivity index (χ2v) is 11.0. The summed E-state index contributed by atoms with van der Waals surface area (Å²) in [5.74, 6) is 0.582. The summed E-state index contributed by atoms with van der Waals surface area (Å²) >= 11 is 0. The van der Waals surface area contributed by atoms with Crippen molar-refractivity contribution in [3.05, 3.63) is 58.2 Å². The van der Waals surface area contributed by atoms with Gasteiger partial charge in [-0.15, -0.1) is 0 Å².